The predicted octanol–water partition coefficient (Wildman–Crippen LogP) is 3.21. The first-order valence-corrected chi connectivity index (χ1v) is 8.48. The van der Waals surface area contributed by atoms with Crippen LogP contribution in [-0.2, 0) is 16.0 Å². The van der Waals surface area contributed by atoms with Crippen LogP contribution in [0, 0.1) is 13.8 Å². The number of thiocarbonyl (C=S) groups is 1. The maximum absolute atomic E-state index is 12.0. The standard InChI is InChI=1S/C17H18N2O3S2/c1-10-11(2)24-15(14(10)16(21)22-3)19-17(23)18-13(20)9-12-7-5-4-6-8-12/h4-8H,9H2,1-3H3,(H2,18,19,20,23). The number of anilines is 1. The lowest BCUT2D eigenvalue weighted by molar-refractivity contribution is -0.119. The largest absolute Gasteiger partial charge is 0.465 e. The van der Waals surface area contributed by atoms with Crippen LogP contribution in [-0.4, -0.2) is 24.1 Å². The smallest absolute Gasteiger partial charge is 0.341 e. The Labute approximate surface area is 150 Å². The highest BCUT2D eigenvalue weighted by molar-refractivity contribution is 7.80. The molecular weight excluding hydrogens is 344 g/mol. The Kier molecular flexibility index (Phi) is 6.05. The van der Waals surface area contributed by atoms with Gasteiger partial charge in [0.15, 0.2) is 5.11 Å². The summed E-state index contributed by atoms with van der Waals surface area (Å²) in [6.45, 7) is 3.76. The van der Waals surface area contributed by atoms with Crippen molar-refractivity contribution in [2.75, 3.05) is 12.4 Å². The van der Waals surface area contributed by atoms with Crippen molar-refractivity contribution >= 4 is 45.5 Å². The van der Waals surface area contributed by atoms with Gasteiger partial charge in [0.25, 0.3) is 0 Å². The monoisotopic (exact) mass is 362 g/mol. The molecule has 1 heterocycles. The van der Waals surface area contributed by atoms with Crippen molar-refractivity contribution < 1.29 is 14.3 Å². The van der Waals surface area contributed by atoms with Gasteiger partial charge in [-0.1, -0.05) is 30.3 Å². The van der Waals surface area contributed by atoms with Gasteiger partial charge in [0, 0.05) is 4.88 Å². The molecule has 1 aromatic heterocycles. The third-order valence-electron chi connectivity index (χ3n) is 3.46. The Balaban J connectivity index is 2.03. The van der Waals surface area contributed by atoms with Crippen LogP contribution in [0.2, 0.25) is 0 Å². The van der Waals surface area contributed by atoms with Gasteiger partial charge in [-0.3, -0.25) is 4.79 Å². The van der Waals surface area contributed by atoms with Gasteiger partial charge in [0.1, 0.15) is 5.00 Å². The fourth-order valence-corrected chi connectivity index (χ4v) is 3.48. The van der Waals surface area contributed by atoms with Crippen LogP contribution in [0.3, 0.4) is 0 Å². The van der Waals surface area contributed by atoms with E-state index in [9.17, 15) is 9.59 Å². The lowest BCUT2D eigenvalue weighted by Gasteiger charge is -2.10. The highest BCUT2D eigenvalue weighted by Gasteiger charge is 2.21. The van der Waals surface area contributed by atoms with Crippen LogP contribution in [0.1, 0.15) is 26.4 Å². The molecule has 1 aromatic carbocycles. The minimum atomic E-state index is -0.433. The predicted molar refractivity (Wildman–Crippen MR) is 99.6 cm³/mol. The molecule has 126 valence electrons. The van der Waals surface area contributed by atoms with E-state index in [-0.39, 0.29) is 17.4 Å². The van der Waals surface area contributed by atoms with Gasteiger partial charge in [0.05, 0.1) is 19.1 Å². The van der Waals surface area contributed by atoms with Crippen molar-refractivity contribution in [1.29, 1.82) is 0 Å². The highest BCUT2D eigenvalue weighted by atomic mass is 32.1. The Hall–Kier alpha value is -2.25. The summed E-state index contributed by atoms with van der Waals surface area (Å²) in [6.07, 6.45) is 0.231. The molecular formula is C17H18N2O3S2. The Bertz CT molecular complexity index is 770. The van der Waals surface area contributed by atoms with Crippen LogP contribution in [0.15, 0.2) is 30.3 Å². The van der Waals surface area contributed by atoms with E-state index in [1.54, 1.807) is 0 Å². The Morgan fingerprint density at radius 1 is 1.21 bits per heavy atom. The molecule has 24 heavy (non-hydrogen) atoms. The molecule has 0 aliphatic carbocycles. The van der Waals surface area contributed by atoms with Gasteiger partial charge in [0.2, 0.25) is 5.91 Å². The molecule has 7 heteroatoms. The SMILES string of the molecule is COC(=O)c1c(NC(=S)NC(=O)Cc2ccccc2)sc(C)c1C. The molecule has 0 fully saturated rings. The van der Waals surface area contributed by atoms with Gasteiger partial charge < -0.3 is 15.4 Å². The van der Waals surface area contributed by atoms with Crippen LogP contribution in [0.4, 0.5) is 5.00 Å². The Morgan fingerprint density at radius 3 is 2.50 bits per heavy atom. The molecule has 0 spiro atoms. The lowest BCUT2D eigenvalue weighted by Crippen LogP contribution is -2.35. The molecule has 0 saturated carbocycles. The van der Waals surface area contributed by atoms with Crippen molar-refractivity contribution in [1.82, 2.24) is 5.32 Å². The number of carbonyl (C=O) groups is 2. The van der Waals surface area contributed by atoms with Gasteiger partial charge >= 0.3 is 5.97 Å². The molecule has 0 unspecified atom stereocenters. The number of rotatable bonds is 4. The molecule has 1 amide bonds. The van der Waals surface area contributed by atoms with Crippen LogP contribution in [0.5, 0.6) is 0 Å². The van der Waals surface area contributed by atoms with Gasteiger partial charge in [-0.2, -0.15) is 0 Å². The second-order valence-electron chi connectivity index (χ2n) is 5.14. The summed E-state index contributed by atoms with van der Waals surface area (Å²) in [5.74, 6) is -0.652. The first-order chi connectivity index (χ1) is 11.4. The molecule has 0 aliphatic heterocycles. The van der Waals surface area contributed by atoms with E-state index < -0.39 is 5.97 Å². The number of hydrogen-bond acceptors (Lipinski definition) is 5. The molecule has 5 nitrogen and oxygen atoms in total. The number of amides is 1. The van der Waals surface area contributed by atoms with Gasteiger partial charge in [-0.05, 0) is 37.2 Å². The van der Waals surface area contributed by atoms with Crippen molar-refractivity contribution in [2.45, 2.75) is 20.3 Å². The van der Waals surface area contributed by atoms with Crippen molar-refractivity contribution in [2.24, 2.45) is 0 Å². The zero-order valence-corrected chi connectivity index (χ0v) is 15.3. The molecule has 0 radical (unpaired) electrons. The van der Waals surface area contributed by atoms with E-state index in [1.807, 2.05) is 44.2 Å². The molecule has 2 rings (SSSR count). The third kappa shape index (κ3) is 4.39. The van der Waals surface area contributed by atoms with E-state index >= 15 is 0 Å². The maximum Gasteiger partial charge on any atom is 0.341 e. The highest BCUT2D eigenvalue weighted by Crippen LogP contribution is 2.32. The summed E-state index contributed by atoms with van der Waals surface area (Å²) in [6, 6.07) is 9.39. The van der Waals surface area contributed by atoms with Gasteiger partial charge in [-0.15, -0.1) is 11.3 Å². The normalized spacial score (nSPS) is 10.1. The quantitative estimate of drug-likeness (QED) is 0.646. The summed E-state index contributed by atoms with van der Waals surface area (Å²) in [4.78, 5) is 24.9. The summed E-state index contributed by atoms with van der Waals surface area (Å²) in [7, 11) is 1.33. The molecule has 2 N–H and O–H groups in total. The minimum Gasteiger partial charge on any atom is -0.465 e. The summed E-state index contributed by atoms with van der Waals surface area (Å²) < 4.78 is 4.81. The number of aryl methyl sites for hydroxylation is 1. The topological polar surface area (TPSA) is 67.4 Å². The molecule has 0 aliphatic rings. The number of esters is 1. The fourth-order valence-electron chi connectivity index (χ4n) is 2.15. The number of methoxy groups -OCH3 is 1. The number of carbonyl (C=O) groups excluding carboxylic acids is 2. The van der Waals surface area contributed by atoms with E-state index in [0.717, 1.165) is 16.0 Å². The van der Waals surface area contributed by atoms with Crippen molar-refractivity contribution in [3.8, 4) is 0 Å². The fraction of sp³-hybridized carbons (Fsp3) is 0.235. The summed E-state index contributed by atoms with van der Waals surface area (Å²) in [5, 5.41) is 6.27. The third-order valence-corrected chi connectivity index (χ3v) is 4.79. The first-order valence-electron chi connectivity index (χ1n) is 7.25. The van der Waals surface area contributed by atoms with E-state index in [2.05, 4.69) is 10.6 Å². The summed E-state index contributed by atoms with van der Waals surface area (Å²) in [5.41, 5.74) is 2.18. The summed E-state index contributed by atoms with van der Waals surface area (Å²) >= 11 is 6.57. The number of benzene rings is 1. The Morgan fingerprint density at radius 2 is 1.88 bits per heavy atom. The molecule has 0 saturated heterocycles. The van der Waals surface area contributed by atoms with E-state index in [0.29, 0.717) is 10.6 Å². The molecule has 0 bridgehead atoms. The zero-order valence-electron chi connectivity index (χ0n) is 13.6. The second kappa shape index (κ2) is 8.03. The second-order valence-corrected chi connectivity index (χ2v) is 6.78. The van der Waals surface area contributed by atoms with Crippen LogP contribution >= 0.6 is 23.6 Å². The van der Waals surface area contributed by atoms with E-state index in [4.69, 9.17) is 17.0 Å². The average molecular weight is 362 g/mol. The van der Waals surface area contributed by atoms with Gasteiger partial charge in [-0.25, -0.2) is 4.79 Å². The molecule has 0 atom stereocenters. The number of nitrogens with one attached hydrogen (secondary N) is 2. The first kappa shape index (κ1) is 18.1. The lowest BCUT2D eigenvalue weighted by atomic mass is 10.1. The number of hydrogen-bond donors (Lipinski definition) is 2. The minimum absolute atomic E-state index is 0.155. The molecule has 2 aromatic rings. The van der Waals surface area contributed by atoms with Crippen molar-refractivity contribution in [3.63, 3.8) is 0 Å². The zero-order chi connectivity index (χ0) is 17.7. The van der Waals surface area contributed by atoms with Crippen LogP contribution in [0.25, 0.3) is 0 Å². The van der Waals surface area contributed by atoms with E-state index in [1.165, 1.54) is 18.4 Å². The maximum atomic E-state index is 12.0. The van der Waals surface area contributed by atoms with Crippen molar-refractivity contribution in [3.05, 3.63) is 51.9 Å². The van der Waals surface area contributed by atoms with Crippen LogP contribution < -0.4 is 10.6 Å². The average Bonchev–Trinajstić information content (AvgIpc) is 2.81. The number of thiophene rings is 1. The number of ether oxygens (including phenoxy) is 1.